The maximum Gasteiger partial charge on any atom is 0.161 e. The predicted octanol–water partition coefficient (Wildman–Crippen LogP) is 3.64. The maximum absolute atomic E-state index is 5.87. The summed E-state index contributed by atoms with van der Waals surface area (Å²) in [6, 6.07) is 6.09. The first-order chi connectivity index (χ1) is 11.7. The van der Waals surface area contributed by atoms with Gasteiger partial charge in [0, 0.05) is 36.3 Å². The normalized spacial score (nSPS) is 14.5. The molecule has 1 aromatic carbocycles. The third kappa shape index (κ3) is 3.56. The third-order valence-electron chi connectivity index (χ3n) is 4.57. The average molecular weight is 329 g/mol. The van der Waals surface area contributed by atoms with E-state index >= 15 is 0 Å². The lowest BCUT2D eigenvalue weighted by Gasteiger charge is -2.22. The molecule has 130 valence electrons. The van der Waals surface area contributed by atoms with Crippen LogP contribution in [0, 0.1) is 0 Å². The van der Waals surface area contributed by atoms with E-state index in [4.69, 9.17) is 9.47 Å². The lowest BCUT2D eigenvalue weighted by Crippen LogP contribution is -2.26. The van der Waals surface area contributed by atoms with Crippen molar-refractivity contribution in [2.24, 2.45) is 0 Å². The second-order valence-corrected chi connectivity index (χ2v) is 6.44. The van der Waals surface area contributed by atoms with Gasteiger partial charge in [0.25, 0.3) is 0 Å². The predicted molar refractivity (Wildman–Crippen MR) is 95.6 cm³/mol. The molecular weight excluding hydrogens is 302 g/mol. The van der Waals surface area contributed by atoms with E-state index in [0.29, 0.717) is 0 Å². The minimum atomic E-state index is 0.728. The molecule has 5 nitrogen and oxygen atoms in total. The highest BCUT2D eigenvalue weighted by atomic mass is 16.5. The fraction of sp³-hybridized carbons (Fsp3) is 0.526. The summed E-state index contributed by atoms with van der Waals surface area (Å²) in [7, 11) is 3.83. The molecule has 0 radical (unpaired) electrons. The van der Waals surface area contributed by atoms with Crippen LogP contribution in [-0.2, 0) is 13.0 Å². The third-order valence-corrected chi connectivity index (χ3v) is 4.57. The number of nitrogens with one attached hydrogen (secondary N) is 1. The van der Waals surface area contributed by atoms with E-state index in [9.17, 15) is 0 Å². The second-order valence-electron chi connectivity index (χ2n) is 6.44. The van der Waals surface area contributed by atoms with Crippen LogP contribution in [0.15, 0.2) is 18.2 Å². The lowest BCUT2D eigenvalue weighted by atomic mass is 10.0. The van der Waals surface area contributed by atoms with Gasteiger partial charge in [0.2, 0.25) is 0 Å². The van der Waals surface area contributed by atoms with Crippen LogP contribution in [0.1, 0.15) is 37.4 Å². The van der Waals surface area contributed by atoms with Gasteiger partial charge in [0.15, 0.2) is 11.5 Å². The Kier molecular flexibility index (Phi) is 5.41. The number of hydrogen-bond acceptors (Lipinski definition) is 4. The van der Waals surface area contributed by atoms with Crippen LogP contribution in [0.3, 0.4) is 0 Å². The number of fused-ring (bicyclic) bond motifs is 1. The minimum Gasteiger partial charge on any atom is -0.493 e. The van der Waals surface area contributed by atoms with Crippen molar-refractivity contribution < 1.29 is 9.47 Å². The van der Waals surface area contributed by atoms with Gasteiger partial charge in [-0.1, -0.05) is 19.8 Å². The Labute approximate surface area is 144 Å². The number of rotatable bonds is 7. The van der Waals surface area contributed by atoms with E-state index in [1.54, 1.807) is 7.11 Å². The smallest absolute Gasteiger partial charge is 0.161 e. The Balaban J connectivity index is 1.81. The lowest BCUT2D eigenvalue weighted by molar-refractivity contribution is 0.286. The molecule has 1 aliphatic rings. The average Bonchev–Trinajstić information content (AvgIpc) is 3.01. The summed E-state index contributed by atoms with van der Waals surface area (Å²) in [5.41, 5.74) is 4.64. The first kappa shape index (κ1) is 16.8. The maximum atomic E-state index is 5.87. The van der Waals surface area contributed by atoms with Crippen LogP contribution in [0.2, 0.25) is 0 Å². The Morgan fingerprint density at radius 2 is 2.12 bits per heavy atom. The first-order valence-electron chi connectivity index (χ1n) is 8.78. The molecule has 3 rings (SSSR count). The molecule has 1 N–H and O–H groups in total. The SMILES string of the molecule is CCCCCOc1ccc(-c2n[nH]c3c2CN(C)CC3)cc1OC. The van der Waals surface area contributed by atoms with Gasteiger partial charge in [-0.3, -0.25) is 5.10 Å². The molecule has 1 aromatic heterocycles. The summed E-state index contributed by atoms with van der Waals surface area (Å²) >= 11 is 0. The van der Waals surface area contributed by atoms with Crippen molar-refractivity contribution >= 4 is 0 Å². The number of nitrogens with zero attached hydrogens (tertiary/aromatic N) is 2. The van der Waals surface area contributed by atoms with Crippen molar-refractivity contribution in [2.45, 2.75) is 39.2 Å². The number of benzene rings is 1. The van der Waals surface area contributed by atoms with Crippen molar-refractivity contribution in [2.75, 3.05) is 27.3 Å². The fourth-order valence-corrected chi connectivity index (χ4v) is 3.14. The Morgan fingerprint density at radius 3 is 2.92 bits per heavy atom. The van der Waals surface area contributed by atoms with Gasteiger partial charge in [0.1, 0.15) is 0 Å². The van der Waals surface area contributed by atoms with Crippen molar-refractivity contribution in [3.8, 4) is 22.8 Å². The Bertz CT molecular complexity index is 681. The van der Waals surface area contributed by atoms with Gasteiger partial charge in [-0.05, 0) is 31.7 Å². The molecule has 0 unspecified atom stereocenters. The molecule has 0 atom stereocenters. The zero-order valence-electron chi connectivity index (χ0n) is 14.9. The summed E-state index contributed by atoms with van der Waals surface area (Å²) in [4.78, 5) is 2.32. The highest BCUT2D eigenvalue weighted by Gasteiger charge is 2.21. The second kappa shape index (κ2) is 7.71. The molecule has 0 spiro atoms. The van der Waals surface area contributed by atoms with Crippen LogP contribution in [-0.4, -0.2) is 42.4 Å². The summed E-state index contributed by atoms with van der Waals surface area (Å²) in [5.74, 6) is 1.57. The number of unbranched alkanes of at least 4 members (excludes halogenated alkanes) is 2. The van der Waals surface area contributed by atoms with Crippen molar-refractivity contribution in [3.63, 3.8) is 0 Å². The molecule has 0 saturated carbocycles. The topological polar surface area (TPSA) is 50.4 Å². The standard InChI is InChI=1S/C19H27N3O2/c1-4-5-6-11-24-17-8-7-14(12-18(17)23-3)19-15-13-22(2)10-9-16(15)20-21-19/h7-8,12H,4-6,9-11,13H2,1-3H3,(H,20,21). The van der Waals surface area contributed by atoms with Gasteiger partial charge in [-0.25, -0.2) is 0 Å². The van der Waals surface area contributed by atoms with E-state index in [0.717, 1.165) is 55.3 Å². The van der Waals surface area contributed by atoms with E-state index in [-0.39, 0.29) is 0 Å². The molecular formula is C19H27N3O2. The fourth-order valence-electron chi connectivity index (χ4n) is 3.14. The molecule has 0 aliphatic carbocycles. The van der Waals surface area contributed by atoms with Gasteiger partial charge in [-0.15, -0.1) is 0 Å². The van der Waals surface area contributed by atoms with Gasteiger partial charge in [0.05, 0.1) is 19.4 Å². The van der Waals surface area contributed by atoms with E-state index < -0.39 is 0 Å². The highest BCUT2D eigenvalue weighted by Crippen LogP contribution is 2.35. The Hall–Kier alpha value is -2.01. The van der Waals surface area contributed by atoms with Crippen LogP contribution in [0.4, 0.5) is 0 Å². The largest absolute Gasteiger partial charge is 0.493 e. The van der Waals surface area contributed by atoms with Gasteiger partial charge < -0.3 is 14.4 Å². The molecule has 2 heterocycles. The first-order valence-corrected chi connectivity index (χ1v) is 8.78. The number of hydrogen-bond donors (Lipinski definition) is 1. The molecule has 5 heteroatoms. The zero-order valence-corrected chi connectivity index (χ0v) is 14.9. The van der Waals surface area contributed by atoms with E-state index in [1.165, 1.54) is 24.1 Å². The number of aromatic amines is 1. The molecule has 1 aliphatic heterocycles. The van der Waals surface area contributed by atoms with E-state index in [2.05, 4.69) is 35.1 Å². The van der Waals surface area contributed by atoms with Gasteiger partial charge >= 0.3 is 0 Å². The summed E-state index contributed by atoms with van der Waals surface area (Å²) in [5, 5.41) is 7.74. The quantitative estimate of drug-likeness (QED) is 0.788. The number of H-pyrrole nitrogens is 1. The van der Waals surface area contributed by atoms with Crippen LogP contribution in [0.5, 0.6) is 11.5 Å². The molecule has 0 amide bonds. The van der Waals surface area contributed by atoms with Crippen LogP contribution < -0.4 is 9.47 Å². The minimum absolute atomic E-state index is 0.728. The molecule has 0 saturated heterocycles. The highest BCUT2D eigenvalue weighted by molar-refractivity contribution is 5.67. The number of aromatic nitrogens is 2. The summed E-state index contributed by atoms with van der Waals surface area (Å²) < 4.78 is 11.4. The van der Waals surface area contributed by atoms with Crippen molar-refractivity contribution in [1.29, 1.82) is 0 Å². The van der Waals surface area contributed by atoms with Crippen LogP contribution in [0.25, 0.3) is 11.3 Å². The number of ether oxygens (including phenoxy) is 2. The summed E-state index contributed by atoms with van der Waals surface area (Å²) in [6.07, 6.45) is 4.47. The summed E-state index contributed by atoms with van der Waals surface area (Å²) in [6.45, 7) is 4.92. The number of methoxy groups -OCH3 is 1. The zero-order chi connectivity index (χ0) is 16.9. The van der Waals surface area contributed by atoms with E-state index in [1.807, 2.05) is 12.1 Å². The monoisotopic (exact) mass is 329 g/mol. The van der Waals surface area contributed by atoms with Crippen molar-refractivity contribution in [1.82, 2.24) is 15.1 Å². The van der Waals surface area contributed by atoms with Crippen LogP contribution >= 0.6 is 0 Å². The van der Waals surface area contributed by atoms with Crippen molar-refractivity contribution in [3.05, 3.63) is 29.5 Å². The van der Waals surface area contributed by atoms with Gasteiger partial charge in [-0.2, -0.15) is 5.10 Å². The Morgan fingerprint density at radius 1 is 1.25 bits per heavy atom. The molecule has 0 bridgehead atoms. The molecule has 24 heavy (non-hydrogen) atoms. The molecule has 2 aromatic rings. The number of likely N-dealkylation sites (N-methyl/N-ethyl adjacent to an activating group) is 1. The molecule has 0 fully saturated rings.